The lowest BCUT2D eigenvalue weighted by atomic mass is 10.2. The van der Waals surface area contributed by atoms with Crippen LogP contribution in [-0.4, -0.2) is 27.9 Å². The van der Waals surface area contributed by atoms with Crippen LogP contribution in [0.25, 0.3) is 6.08 Å². The maximum atomic E-state index is 12.8. The van der Waals surface area contributed by atoms with Crippen LogP contribution in [0.5, 0.6) is 5.75 Å². The molecule has 1 fully saturated rings. The number of nitrogens with zero attached hydrogens (tertiary/aromatic N) is 1. The van der Waals surface area contributed by atoms with Crippen molar-refractivity contribution in [1.82, 2.24) is 0 Å². The van der Waals surface area contributed by atoms with E-state index in [4.69, 9.17) is 33.7 Å². The molecule has 1 aliphatic heterocycles. The average Bonchev–Trinajstić information content (AvgIpc) is 2.89. The molecule has 1 aliphatic rings. The highest BCUT2D eigenvalue weighted by atomic mass is 79.9. The normalized spacial score (nSPS) is 15.5. The number of carboxylic acids is 1. The van der Waals surface area contributed by atoms with Gasteiger partial charge in [-0.15, -0.1) is 0 Å². The van der Waals surface area contributed by atoms with Crippen molar-refractivity contribution in [2.75, 3.05) is 11.5 Å². The lowest BCUT2D eigenvalue weighted by Crippen LogP contribution is -2.27. The number of amides is 1. The summed E-state index contributed by atoms with van der Waals surface area (Å²) in [5.41, 5.74) is 1.20. The number of carboxylic acid groups (broad SMARTS) is 1. The van der Waals surface area contributed by atoms with Crippen LogP contribution in [-0.2, 0) is 9.59 Å². The van der Waals surface area contributed by atoms with Gasteiger partial charge in [-0.3, -0.25) is 9.69 Å². The van der Waals surface area contributed by atoms with Gasteiger partial charge in [0.05, 0.1) is 10.6 Å². The number of thioether (sulfide) groups is 1. The maximum absolute atomic E-state index is 12.8. The number of benzene rings is 2. The number of aliphatic carboxylic acids is 1. The van der Waals surface area contributed by atoms with Gasteiger partial charge in [0.25, 0.3) is 5.91 Å². The van der Waals surface area contributed by atoms with Crippen molar-refractivity contribution in [1.29, 1.82) is 0 Å². The fourth-order valence-electron chi connectivity index (χ4n) is 2.32. The summed E-state index contributed by atoms with van der Waals surface area (Å²) in [6, 6.07) is 11.9. The minimum absolute atomic E-state index is 0.267. The Kier molecular flexibility index (Phi) is 6.21. The summed E-state index contributed by atoms with van der Waals surface area (Å²) < 4.78 is 6.47. The number of carbonyl (C=O) groups is 2. The molecule has 2 aromatic rings. The van der Waals surface area contributed by atoms with E-state index in [1.54, 1.807) is 48.5 Å². The Balaban J connectivity index is 1.93. The molecule has 3 rings (SSSR count). The second-order valence-corrected chi connectivity index (χ2v) is 8.39. The highest BCUT2D eigenvalue weighted by molar-refractivity contribution is 9.10. The van der Waals surface area contributed by atoms with Crippen molar-refractivity contribution < 1.29 is 19.4 Å². The summed E-state index contributed by atoms with van der Waals surface area (Å²) in [6.45, 7) is -0.478. The summed E-state index contributed by atoms with van der Waals surface area (Å²) >= 11 is 15.8. The molecule has 1 saturated heterocycles. The van der Waals surface area contributed by atoms with Crippen LogP contribution in [0.4, 0.5) is 5.69 Å². The fourth-order valence-corrected chi connectivity index (χ4v) is 4.12. The first-order valence-electron chi connectivity index (χ1n) is 7.53. The van der Waals surface area contributed by atoms with Gasteiger partial charge in [0.1, 0.15) is 5.75 Å². The van der Waals surface area contributed by atoms with Crippen LogP contribution < -0.4 is 9.64 Å². The molecule has 2 aromatic carbocycles. The van der Waals surface area contributed by atoms with Crippen molar-refractivity contribution >= 4 is 79.5 Å². The summed E-state index contributed by atoms with van der Waals surface area (Å²) in [7, 11) is 0. The first-order valence-corrected chi connectivity index (χ1v) is 9.92. The number of thiocarbonyl (C=S) groups is 1. The van der Waals surface area contributed by atoms with Gasteiger partial charge < -0.3 is 9.84 Å². The van der Waals surface area contributed by atoms with E-state index in [0.29, 0.717) is 31.2 Å². The Hall–Kier alpha value is -1.87. The summed E-state index contributed by atoms with van der Waals surface area (Å²) in [6.07, 6.45) is 1.64. The second kappa shape index (κ2) is 8.43. The van der Waals surface area contributed by atoms with Crippen LogP contribution in [0, 0.1) is 0 Å². The molecule has 1 N–H and O–H groups in total. The standard InChI is InChI=1S/C18H11BrClNO4S2/c19-11-1-6-14(25-9-16(22)23)10(7-11)8-15-17(24)21(18(26)27-15)13-4-2-12(20)3-5-13/h1-8H,9H2,(H,22,23)/b15-8-. The molecule has 0 aromatic heterocycles. The van der Waals surface area contributed by atoms with Crippen molar-refractivity contribution in [3.8, 4) is 5.75 Å². The van der Waals surface area contributed by atoms with Crippen molar-refractivity contribution in [3.05, 3.63) is 62.4 Å². The molecule has 0 atom stereocenters. The summed E-state index contributed by atoms with van der Waals surface area (Å²) in [4.78, 5) is 25.4. The average molecular weight is 485 g/mol. The minimum Gasteiger partial charge on any atom is -0.481 e. The number of hydrogen-bond donors (Lipinski definition) is 1. The molecule has 0 bridgehead atoms. The van der Waals surface area contributed by atoms with Gasteiger partial charge in [-0.05, 0) is 48.5 Å². The quantitative estimate of drug-likeness (QED) is 0.477. The van der Waals surface area contributed by atoms with Gasteiger partial charge in [-0.2, -0.15) is 0 Å². The number of anilines is 1. The van der Waals surface area contributed by atoms with E-state index in [-0.39, 0.29) is 5.91 Å². The molecule has 138 valence electrons. The smallest absolute Gasteiger partial charge is 0.341 e. The third-order valence-corrected chi connectivity index (χ3v) is 5.54. The lowest BCUT2D eigenvalue weighted by Gasteiger charge is -2.14. The van der Waals surface area contributed by atoms with Gasteiger partial charge in [0.2, 0.25) is 0 Å². The van der Waals surface area contributed by atoms with Crippen molar-refractivity contribution in [3.63, 3.8) is 0 Å². The highest BCUT2D eigenvalue weighted by Crippen LogP contribution is 2.37. The summed E-state index contributed by atoms with van der Waals surface area (Å²) in [5.74, 6) is -0.994. The van der Waals surface area contributed by atoms with E-state index < -0.39 is 12.6 Å². The molecule has 0 saturated carbocycles. The van der Waals surface area contributed by atoms with E-state index in [9.17, 15) is 9.59 Å². The molecular formula is C18H11BrClNO4S2. The molecule has 1 amide bonds. The van der Waals surface area contributed by atoms with E-state index in [2.05, 4.69) is 15.9 Å². The van der Waals surface area contributed by atoms with E-state index in [1.807, 2.05) is 0 Å². The van der Waals surface area contributed by atoms with Gasteiger partial charge >= 0.3 is 5.97 Å². The fraction of sp³-hybridized carbons (Fsp3) is 0.0556. The Bertz CT molecular complexity index is 962. The maximum Gasteiger partial charge on any atom is 0.341 e. The van der Waals surface area contributed by atoms with Crippen molar-refractivity contribution in [2.45, 2.75) is 0 Å². The Morgan fingerprint density at radius 1 is 1.30 bits per heavy atom. The molecule has 5 nitrogen and oxygen atoms in total. The number of ether oxygens (including phenoxy) is 1. The Morgan fingerprint density at radius 2 is 2.00 bits per heavy atom. The van der Waals surface area contributed by atoms with E-state index in [0.717, 1.165) is 16.2 Å². The van der Waals surface area contributed by atoms with Crippen LogP contribution in [0.3, 0.4) is 0 Å². The van der Waals surface area contributed by atoms with Gasteiger partial charge in [0.15, 0.2) is 10.9 Å². The molecule has 27 heavy (non-hydrogen) atoms. The van der Waals surface area contributed by atoms with Crippen molar-refractivity contribution in [2.24, 2.45) is 0 Å². The minimum atomic E-state index is -1.09. The molecule has 9 heteroatoms. The van der Waals surface area contributed by atoms with Gasteiger partial charge in [-0.1, -0.05) is 51.5 Å². The first kappa shape index (κ1) is 19.9. The lowest BCUT2D eigenvalue weighted by molar-refractivity contribution is -0.139. The zero-order chi connectivity index (χ0) is 19.6. The van der Waals surface area contributed by atoms with Gasteiger partial charge in [0, 0.05) is 15.1 Å². The Morgan fingerprint density at radius 3 is 2.67 bits per heavy atom. The second-order valence-electron chi connectivity index (χ2n) is 5.36. The molecule has 0 radical (unpaired) electrons. The number of hydrogen-bond acceptors (Lipinski definition) is 5. The van der Waals surface area contributed by atoms with Crippen LogP contribution in [0.1, 0.15) is 5.56 Å². The third-order valence-electron chi connectivity index (χ3n) is 3.49. The molecule has 0 unspecified atom stereocenters. The van der Waals surface area contributed by atoms with Crippen LogP contribution in [0.15, 0.2) is 51.8 Å². The molecule has 0 spiro atoms. The number of rotatable bonds is 5. The van der Waals surface area contributed by atoms with Gasteiger partial charge in [-0.25, -0.2) is 4.79 Å². The Labute approximate surface area is 178 Å². The zero-order valence-electron chi connectivity index (χ0n) is 13.5. The third kappa shape index (κ3) is 4.70. The zero-order valence-corrected chi connectivity index (χ0v) is 17.5. The predicted molar refractivity (Wildman–Crippen MR) is 114 cm³/mol. The van der Waals surface area contributed by atoms with E-state index >= 15 is 0 Å². The largest absolute Gasteiger partial charge is 0.481 e. The number of halogens is 2. The summed E-state index contributed by atoms with van der Waals surface area (Å²) in [5, 5.41) is 9.38. The van der Waals surface area contributed by atoms with Crippen LogP contribution in [0.2, 0.25) is 5.02 Å². The topological polar surface area (TPSA) is 66.8 Å². The van der Waals surface area contributed by atoms with Crippen LogP contribution >= 0.6 is 51.5 Å². The molecule has 0 aliphatic carbocycles. The monoisotopic (exact) mass is 483 g/mol. The number of carbonyl (C=O) groups excluding carboxylic acids is 1. The SMILES string of the molecule is O=C(O)COc1ccc(Br)cc1/C=C1\SC(=S)N(c2ccc(Cl)cc2)C1=O. The first-order chi connectivity index (χ1) is 12.8. The molecule has 1 heterocycles. The highest BCUT2D eigenvalue weighted by Gasteiger charge is 2.33. The predicted octanol–water partition coefficient (Wildman–Crippen LogP) is 4.97. The van der Waals surface area contributed by atoms with E-state index in [1.165, 1.54) is 4.90 Å². The molecular weight excluding hydrogens is 474 g/mol.